The third-order valence-electron chi connectivity index (χ3n) is 4.36. The molecule has 0 aliphatic rings. The number of phenolic OH excluding ortho intramolecular Hbond substituents is 1. The number of carbonyl (C=O) groups excluding carboxylic acids is 3. The number of aromatic hydroxyl groups is 1. The smallest absolute Gasteiger partial charge is 0.246 e. The van der Waals surface area contributed by atoms with E-state index in [0.717, 1.165) is 0 Å². The number of carbonyl (C=O) groups is 3. The van der Waals surface area contributed by atoms with Crippen molar-refractivity contribution in [1.29, 1.82) is 0 Å². The number of furan rings is 1. The van der Waals surface area contributed by atoms with Gasteiger partial charge >= 0.3 is 0 Å². The van der Waals surface area contributed by atoms with Gasteiger partial charge in [-0.15, -0.1) is 11.6 Å². The zero-order chi connectivity index (χ0) is 21.0. The second kappa shape index (κ2) is 8.93. The molecule has 0 radical (unpaired) electrons. The first kappa shape index (κ1) is 21.5. The van der Waals surface area contributed by atoms with Crippen molar-refractivity contribution in [3.8, 4) is 5.75 Å². The number of ketones is 1. The summed E-state index contributed by atoms with van der Waals surface area (Å²) in [5.74, 6) is -1.71. The Morgan fingerprint density at radius 3 is 2.39 bits per heavy atom. The van der Waals surface area contributed by atoms with Gasteiger partial charge in [-0.1, -0.05) is 6.07 Å². The van der Waals surface area contributed by atoms with E-state index in [1.165, 1.54) is 19.1 Å². The summed E-state index contributed by atoms with van der Waals surface area (Å²) in [6.07, 6.45) is 1.48. The molecule has 0 spiro atoms. The van der Waals surface area contributed by atoms with Crippen LogP contribution in [0.25, 0.3) is 16.5 Å². The van der Waals surface area contributed by atoms with E-state index in [1.54, 1.807) is 17.9 Å². The predicted octanol–water partition coefficient (Wildman–Crippen LogP) is 3.79. The summed E-state index contributed by atoms with van der Waals surface area (Å²) < 4.78 is 5.54. The number of hydrogen-bond acceptors (Lipinski definition) is 5. The zero-order valence-electron chi connectivity index (χ0n) is 16.3. The average Bonchev–Trinajstić information content (AvgIpc) is 3.03. The van der Waals surface area contributed by atoms with Gasteiger partial charge in [0.15, 0.2) is 22.9 Å². The van der Waals surface area contributed by atoms with E-state index in [4.69, 9.17) is 16.0 Å². The molecule has 28 heavy (non-hydrogen) atoms. The number of nitrogens with one attached hydrogen (secondary N) is 1. The first-order valence-corrected chi connectivity index (χ1v) is 9.41. The van der Waals surface area contributed by atoms with Crippen molar-refractivity contribution in [2.45, 2.75) is 27.7 Å². The summed E-state index contributed by atoms with van der Waals surface area (Å²) in [6, 6.07) is 3.02. The summed E-state index contributed by atoms with van der Waals surface area (Å²) in [6.45, 7) is 7.94. The molecule has 8 heteroatoms. The lowest BCUT2D eigenvalue weighted by Gasteiger charge is -2.17. The standard InChI is InChI=1S/C20H23ClN2O5/c1-5-23(6-2)16(27)9-11(3)13-7-8-14(25)20-17(13)18(22-15(26)10-21)19(28-20)12(4)24/h7-9,25H,5-6,10H2,1-4H3,(H,22,26)/b11-9+. The fraction of sp³-hybridized carbons (Fsp3) is 0.350. The zero-order valence-corrected chi connectivity index (χ0v) is 17.0. The quantitative estimate of drug-likeness (QED) is 0.414. The highest BCUT2D eigenvalue weighted by molar-refractivity contribution is 6.30. The minimum atomic E-state index is -0.526. The maximum atomic E-state index is 12.4. The number of amides is 2. The summed E-state index contributed by atoms with van der Waals surface area (Å²) in [7, 11) is 0. The van der Waals surface area contributed by atoms with Crippen LogP contribution in [0.3, 0.4) is 0 Å². The first-order valence-electron chi connectivity index (χ1n) is 8.87. The SMILES string of the molecule is CCN(CC)C(=O)/C=C(\C)c1ccc(O)c2oc(C(C)=O)c(NC(=O)CCl)c12. The van der Waals surface area contributed by atoms with Gasteiger partial charge in [0, 0.05) is 26.1 Å². The molecule has 2 aromatic rings. The van der Waals surface area contributed by atoms with E-state index in [2.05, 4.69) is 5.32 Å². The highest BCUT2D eigenvalue weighted by atomic mass is 35.5. The van der Waals surface area contributed by atoms with E-state index in [1.807, 2.05) is 13.8 Å². The van der Waals surface area contributed by atoms with Crippen LogP contribution >= 0.6 is 11.6 Å². The lowest BCUT2D eigenvalue weighted by Crippen LogP contribution is -2.28. The topological polar surface area (TPSA) is 99.8 Å². The van der Waals surface area contributed by atoms with E-state index in [0.29, 0.717) is 29.6 Å². The van der Waals surface area contributed by atoms with Gasteiger partial charge in [-0.25, -0.2) is 0 Å². The number of hydrogen-bond donors (Lipinski definition) is 2. The number of Topliss-reactive ketones (excluding diaryl/α,β-unsaturated/α-hetero) is 1. The Bertz CT molecular complexity index is 957. The van der Waals surface area contributed by atoms with Gasteiger partial charge in [0.2, 0.25) is 11.8 Å². The van der Waals surface area contributed by atoms with Crippen LogP contribution in [0.5, 0.6) is 5.75 Å². The van der Waals surface area contributed by atoms with Crippen LogP contribution in [0, 0.1) is 0 Å². The number of halogens is 1. The van der Waals surface area contributed by atoms with Gasteiger partial charge < -0.3 is 19.7 Å². The number of phenols is 1. The van der Waals surface area contributed by atoms with Crippen molar-refractivity contribution in [1.82, 2.24) is 4.90 Å². The van der Waals surface area contributed by atoms with Crippen LogP contribution in [0.4, 0.5) is 5.69 Å². The fourth-order valence-corrected chi connectivity index (χ4v) is 3.01. The molecule has 0 atom stereocenters. The van der Waals surface area contributed by atoms with E-state index < -0.39 is 11.7 Å². The second-order valence-corrected chi connectivity index (χ2v) is 6.49. The molecule has 7 nitrogen and oxygen atoms in total. The Morgan fingerprint density at radius 2 is 1.86 bits per heavy atom. The van der Waals surface area contributed by atoms with Gasteiger partial charge in [0.05, 0.1) is 11.1 Å². The minimum Gasteiger partial charge on any atom is -0.504 e. The molecule has 0 saturated carbocycles. The van der Waals surface area contributed by atoms with Crippen LogP contribution in [0.2, 0.25) is 0 Å². The lowest BCUT2D eigenvalue weighted by atomic mass is 10.00. The number of rotatable bonds is 7. The van der Waals surface area contributed by atoms with Crippen LogP contribution in [-0.4, -0.2) is 46.6 Å². The lowest BCUT2D eigenvalue weighted by molar-refractivity contribution is -0.125. The number of fused-ring (bicyclic) bond motifs is 1. The van der Waals surface area contributed by atoms with Gasteiger partial charge in [-0.2, -0.15) is 0 Å². The summed E-state index contributed by atoms with van der Waals surface area (Å²) >= 11 is 5.58. The van der Waals surface area contributed by atoms with Crippen molar-refractivity contribution < 1.29 is 23.9 Å². The number of allylic oxidation sites excluding steroid dienone is 1. The normalized spacial score (nSPS) is 11.5. The summed E-state index contributed by atoms with van der Waals surface area (Å²) in [5.41, 5.74) is 1.33. The molecule has 2 rings (SSSR count). The van der Waals surface area contributed by atoms with Gasteiger partial charge in [0.1, 0.15) is 5.88 Å². The molecule has 1 heterocycles. The highest BCUT2D eigenvalue weighted by Crippen LogP contribution is 2.41. The molecule has 1 aromatic carbocycles. The van der Waals surface area contributed by atoms with Crippen molar-refractivity contribution in [3.63, 3.8) is 0 Å². The van der Waals surface area contributed by atoms with Crippen LogP contribution in [0.1, 0.15) is 43.8 Å². The number of nitrogens with zero attached hydrogens (tertiary/aromatic N) is 1. The van der Waals surface area contributed by atoms with Crippen molar-refractivity contribution in [2.75, 3.05) is 24.3 Å². The Hall–Kier alpha value is -2.80. The van der Waals surface area contributed by atoms with Crippen molar-refractivity contribution in [3.05, 3.63) is 29.5 Å². The molecule has 0 saturated heterocycles. The molecule has 2 amide bonds. The molecule has 0 fully saturated rings. The Labute approximate surface area is 167 Å². The summed E-state index contributed by atoms with van der Waals surface area (Å²) in [5, 5.41) is 13.1. The second-order valence-electron chi connectivity index (χ2n) is 6.22. The molecule has 0 unspecified atom stereocenters. The van der Waals surface area contributed by atoms with Crippen LogP contribution in [-0.2, 0) is 9.59 Å². The third-order valence-corrected chi connectivity index (χ3v) is 4.61. The van der Waals surface area contributed by atoms with Crippen LogP contribution < -0.4 is 5.32 Å². The third kappa shape index (κ3) is 4.20. The van der Waals surface area contributed by atoms with E-state index >= 15 is 0 Å². The fourth-order valence-electron chi connectivity index (χ4n) is 2.95. The maximum absolute atomic E-state index is 12.4. The van der Waals surface area contributed by atoms with E-state index in [-0.39, 0.29) is 34.6 Å². The maximum Gasteiger partial charge on any atom is 0.246 e. The molecule has 0 aliphatic heterocycles. The number of anilines is 1. The van der Waals surface area contributed by atoms with Crippen molar-refractivity contribution >= 4 is 51.4 Å². The molecule has 2 N–H and O–H groups in total. The molecule has 0 bridgehead atoms. The largest absolute Gasteiger partial charge is 0.504 e. The van der Waals surface area contributed by atoms with Crippen molar-refractivity contribution in [2.24, 2.45) is 0 Å². The minimum absolute atomic E-state index is 0.0515. The highest BCUT2D eigenvalue weighted by Gasteiger charge is 2.24. The van der Waals surface area contributed by atoms with Crippen LogP contribution in [0.15, 0.2) is 22.6 Å². The number of benzene rings is 1. The van der Waals surface area contributed by atoms with E-state index in [9.17, 15) is 19.5 Å². The predicted molar refractivity (Wildman–Crippen MR) is 109 cm³/mol. The molecule has 1 aromatic heterocycles. The summed E-state index contributed by atoms with van der Waals surface area (Å²) in [4.78, 5) is 38.0. The molecular formula is C20H23ClN2O5. The Morgan fingerprint density at radius 1 is 1.21 bits per heavy atom. The van der Waals surface area contributed by atoms with Gasteiger partial charge in [-0.05, 0) is 38.0 Å². The first-order chi connectivity index (χ1) is 13.2. The molecule has 150 valence electrons. The number of likely N-dealkylation sites (N-methyl/N-ethyl adjacent to an activating group) is 1. The Balaban J connectivity index is 2.73. The monoisotopic (exact) mass is 406 g/mol. The molecular weight excluding hydrogens is 384 g/mol. The molecule has 0 aliphatic carbocycles. The van der Waals surface area contributed by atoms with Gasteiger partial charge in [-0.3, -0.25) is 14.4 Å². The van der Waals surface area contributed by atoms with Gasteiger partial charge in [0.25, 0.3) is 0 Å². The average molecular weight is 407 g/mol. The Kier molecular flexibility index (Phi) is 6.85. The number of alkyl halides is 1.